The van der Waals surface area contributed by atoms with E-state index in [4.69, 9.17) is 0 Å². The Morgan fingerprint density at radius 3 is 2.44 bits per heavy atom. The predicted molar refractivity (Wildman–Crippen MR) is 62.4 cm³/mol. The van der Waals surface area contributed by atoms with Gasteiger partial charge in [0, 0.05) is 13.1 Å². The van der Waals surface area contributed by atoms with Gasteiger partial charge in [0.1, 0.15) is 4.90 Å². The fraction of sp³-hybridized carbons (Fsp3) is 0.455. The molecule has 0 bridgehead atoms. The fourth-order valence-corrected chi connectivity index (χ4v) is 2.84. The van der Waals surface area contributed by atoms with Crippen LogP contribution in [0.15, 0.2) is 23.1 Å². The van der Waals surface area contributed by atoms with Gasteiger partial charge in [-0.05, 0) is 37.5 Å². The Bertz CT molecular complexity index is 490. The minimum atomic E-state index is -4.14. The number of nitrogens with zero attached hydrogens (tertiary/aromatic N) is 1. The van der Waals surface area contributed by atoms with Gasteiger partial charge in [-0.2, -0.15) is 8.42 Å². The van der Waals surface area contributed by atoms with E-state index in [2.05, 4.69) is 0 Å². The van der Waals surface area contributed by atoms with Crippen molar-refractivity contribution >= 4 is 15.8 Å². The molecule has 0 unspecified atom stereocenters. The minimum Gasteiger partial charge on any atom is -0.370 e. The molecular formula is C11H15NO3S. The molecule has 0 aromatic heterocycles. The van der Waals surface area contributed by atoms with Gasteiger partial charge < -0.3 is 4.90 Å². The predicted octanol–water partition coefficient (Wildman–Crippen LogP) is 1.84. The molecule has 0 saturated carbocycles. The Labute approximate surface area is 95.6 Å². The maximum atomic E-state index is 11.3. The van der Waals surface area contributed by atoms with Gasteiger partial charge in [0.05, 0.1) is 5.69 Å². The van der Waals surface area contributed by atoms with E-state index < -0.39 is 10.1 Å². The standard InChI is InChI=1S/C11H15NO3S/c1-9-4-5-10(12-6-2-3-7-12)11(8-9)16(13,14)15/h4-5,8H,2-3,6-7H2,1H3,(H,13,14,15). The second-order valence-corrected chi connectivity index (χ2v) is 5.53. The monoisotopic (exact) mass is 241 g/mol. The van der Waals surface area contributed by atoms with Crippen molar-refractivity contribution in [2.75, 3.05) is 18.0 Å². The van der Waals surface area contributed by atoms with Crippen LogP contribution in [0.25, 0.3) is 0 Å². The lowest BCUT2D eigenvalue weighted by molar-refractivity contribution is 0.483. The fourth-order valence-electron chi connectivity index (χ4n) is 2.05. The number of anilines is 1. The summed E-state index contributed by atoms with van der Waals surface area (Å²) < 4.78 is 31.8. The SMILES string of the molecule is Cc1ccc(N2CCCC2)c(S(=O)(=O)O)c1. The van der Waals surface area contributed by atoms with Gasteiger partial charge in [0.2, 0.25) is 0 Å². The minimum absolute atomic E-state index is 0.0226. The van der Waals surface area contributed by atoms with Crippen molar-refractivity contribution in [3.05, 3.63) is 23.8 Å². The van der Waals surface area contributed by atoms with Gasteiger partial charge in [0.25, 0.3) is 10.1 Å². The largest absolute Gasteiger partial charge is 0.370 e. The van der Waals surface area contributed by atoms with Crippen LogP contribution in [-0.2, 0) is 10.1 Å². The van der Waals surface area contributed by atoms with Gasteiger partial charge >= 0.3 is 0 Å². The summed E-state index contributed by atoms with van der Waals surface area (Å²) in [6.45, 7) is 3.51. The molecule has 1 heterocycles. The molecule has 1 aliphatic heterocycles. The van der Waals surface area contributed by atoms with E-state index in [9.17, 15) is 13.0 Å². The van der Waals surface area contributed by atoms with Crippen LogP contribution in [0.5, 0.6) is 0 Å². The molecule has 0 aliphatic carbocycles. The number of benzene rings is 1. The van der Waals surface area contributed by atoms with Crippen LogP contribution in [0.1, 0.15) is 18.4 Å². The summed E-state index contributed by atoms with van der Waals surface area (Å²) in [5.74, 6) is 0. The molecule has 1 N–H and O–H groups in total. The summed E-state index contributed by atoms with van der Waals surface area (Å²) in [6.07, 6.45) is 2.14. The van der Waals surface area contributed by atoms with E-state index in [1.807, 2.05) is 17.9 Å². The maximum absolute atomic E-state index is 11.3. The summed E-state index contributed by atoms with van der Waals surface area (Å²) >= 11 is 0. The first-order valence-corrected chi connectivity index (χ1v) is 6.75. The molecule has 16 heavy (non-hydrogen) atoms. The normalized spacial score (nSPS) is 16.8. The van der Waals surface area contributed by atoms with Gasteiger partial charge in [-0.25, -0.2) is 0 Å². The van der Waals surface area contributed by atoms with Crippen LogP contribution in [0.3, 0.4) is 0 Å². The molecule has 0 radical (unpaired) electrons. The van der Waals surface area contributed by atoms with Crippen LogP contribution in [0, 0.1) is 6.92 Å². The van der Waals surface area contributed by atoms with Gasteiger partial charge in [-0.1, -0.05) is 6.07 Å². The maximum Gasteiger partial charge on any atom is 0.296 e. The van der Waals surface area contributed by atoms with E-state index in [0.29, 0.717) is 5.69 Å². The average molecular weight is 241 g/mol. The second-order valence-electron chi connectivity index (χ2n) is 4.14. The Balaban J connectivity index is 2.52. The molecule has 0 spiro atoms. The Kier molecular flexibility index (Phi) is 2.90. The first-order chi connectivity index (χ1) is 7.48. The lowest BCUT2D eigenvalue weighted by atomic mass is 10.2. The lowest BCUT2D eigenvalue weighted by Crippen LogP contribution is -2.20. The zero-order valence-electron chi connectivity index (χ0n) is 9.18. The van der Waals surface area contributed by atoms with Crippen LogP contribution in [0.2, 0.25) is 0 Å². The molecule has 1 fully saturated rings. The Morgan fingerprint density at radius 2 is 1.88 bits per heavy atom. The highest BCUT2D eigenvalue weighted by atomic mass is 32.2. The van der Waals surface area contributed by atoms with Crippen LogP contribution < -0.4 is 4.90 Å². The lowest BCUT2D eigenvalue weighted by Gasteiger charge is -2.20. The smallest absolute Gasteiger partial charge is 0.296 e. The van der Waals surface area contributed by atoms with Crippen LogP contribution in [-0.4, -0.2) is 26.1 Å². The third-order valence-corrected chi connectivity index (χ3v) is 3.72. The second kappa shape index (κ2) is 4.07. The van der Waals surface area contributed by atoms with E-state index in [-0.39, 0.29) is 4.90 Å². The molecular weight excluding hydrogens is 226 g/mol. The van der Waals surface area contributed by atoms with Gasteiger partial charge in [-0.15, -0.1) is 0 Å². The summed E-state index contributed by atoms with van der Waals surface area (Å²) in [4.78, 5) is 2.03. The summed E-state index contributed by atoms with van der Waals surface area (Å²) in [5.41, 5.74) is 1.45. The first-order valence-electron chi connectivity index (χ1n) is 5.31. The summed E-state index contributed by atoms with van der Waals surface area (Å²) in [7, 11) is -4.14. The van der Waals surface area contributed by atoms with E-state index >= 15 is 0 Å². The Morgan fingerprint density at radius 1 is 1.25 bits per heavy atom. The molecule has 88 valence electrons. The molecule has 2 rings (SSSR count). The first kappa shape index (κ1) is 11.4. The highest BCUT2D eigenvalue weighted by Crippen LogP contribution is 2.28. The number of rotatable bonds is 2. The average Bonchev–Trinajstić information content (AvgIpc) is 2.69. The van der Waals surface area contributed by atoms with Crippen molar-refractivity contribution in [2.45, 2.75) is 24.7 Å². The molecule has 5 heteroatoms. The number of hydrogen-bond donors (Lipinski definition) is 1. The Hall–Kier alpha value is -1.07. The van der Waals surface area contributed by atoms with Gasteiger partial charge in [-0.3, -0.25) is 4.55 Å². The van der Waals surface area contributed by atoms with Crippen molar-refractivity contribution in [3.8, 4) is 0 Å². The van der Waals surface area contributed by atoms with Crippen molar-refractivity contribution in [3.63, 3.8) is 0 Å². The quantitative estimate of drug-likeness (QED) is 0.803. The molecule has 4 nitrogen and oxygen atoms in total. The van der Waals surface area contributed by atoms with Gasteiger partial charge in [0.15, 0.2) is 0 Å². The van der Waals surface area contributed by atoms with Crippen LogP contribution in [0.4, 0.5) is 5.69 Å². The van der Waals surface area contributed by atoms with Crippen LogP contribution >= 0.6 is 0 Å². The zero-order chi connectivity index (χ0) is 11.8. The molecule has 1 aromatic rings. The van der Waals surface area contributed by atoms with E-state index in [1.54, 1.807) is 6.07 Å². The molecule has 1 saturated heterocycles. The summed E-state index contributed by atoms with van der Waals surface area (Å²) in [6, 6.07) is 5.15. The van der Waals surface area contributed by atoms with Crippen molar-refractivity contribution in [2.24, 2.45) is 0 Å². The highest BCUT2D eigenvalue weighted by molar-refractivity contribution is 7.86. The number of aryl methyl sites for hydroxylation is 1. The van der Waals surface area contributed by atoms with E-state index in [0.717, 1.165) is 31.5 Å². The molecule has 0 atom stereocenters. The number of hydrogen-bond acceptors (Lipinski definition) is 3. The third-order valence-electron chi connectivity index (χ3n) is 2.84. The molecule has 0 amide bonds. The molecule has 1 aliphatic rings. The van der Waals surface area contributed by atoms with Crippen molar-refractivity contribution in [1.82, 2.24) is 0 Å². The topological polar surface area (TPSA) is 57.6 Å². The summed E-state index contributed by atoms with van der Waals surface area (Å²) in [5, 5.41) is 0. The molecule has 1 aromatic carbocycles. The zero-order valence-corrected chi connectivity index (χ0v) is 10.00. The van der Waals surface area contributed by atoms with Crippen molar-refractivity contribution in [1.29, 1.82) is 0 Å². The third kappa shape index (κ3) is 2.20. The highest BCUT2D eigenvalue weighted by Gasteiger charge is 2.21. The van der Waals surface area contributed by atoms with Crippen molar-refractivity contribution < 1.29 is 13.0 Å². The van der Waals surface area contributed by atoms with E-state index in [1.165, 1.54) is 6.07 Å².